The third kappa shape index (κ3) is 23.0. The zero-order valence-electron chi connectivity index (χ0n) is 22.3. The van der Waals surface area contributed by atoms with Crippen LogP contribution in [-0.2, 0) is 12.8 Å². The fourth-order valence-corrected chi connectivity index (χ4v) is 1.89. The number of methoxy groups -OCH3 is 1. The maximum Gasteiger partial charge on any atom is 0.130 e. The third-order valence-corrected chi connectivity index (χ3v) is 2.68. The second-order valence-electron chi connectivity index (χ2n) is 6.50. The number of hydrogen-bond donors (Lipinski definition) is 0. The predicted octanol–water partition coefficient (Wildman–Crippen LogP) is 9.81. The van der Waals surface area contributed by atoms with Crippen molar-refractivity contribution in [3.8, 4) is 5.75 Å². The van der Waals surface area contributed by atoms with E-state index in [4.69, 9.17) is 4.74 Å². The van der Waals surface area contributed by atoms with Crippen LogP contribution in [0, 0.1) is 18.7 Å². The van der Waals surface area contributed by atoms with Crippen LogP contribution in [0.1, 0.15) is 120 Å². The van der Waals surface area contributed by atoms with E-state index in [0.717, 1.165) is 35.4 Å². The van der Waals surface area contributed by atoms with Crippen LogP contribution in [0.4, 0.5) is 4.39 Å². The number of hydrogen-bond acceptors (Lipinski definition) is 1. The Morgan fingerprint density at radius 1 is 0.786 bits per heavy atom. The summed E-state index contributed by atoms with van der Waals surface area (Å²) < 4.78 is 18.7. The predicted molar refractivity (Wildman–Crippen MR) is 132 cm³/mol. The van der Waals surface area contributed by atoms with Crippen LogP contribution in [0.25, 0.3) is 0 Å². The SMILES string of the molecule is CC.CC.CC(C)C.CCC.CCC.CCc1c(F)cc(OC)c(CC)c1C. The molecule has 0 aliphatic carbocycles. The summed E-state index contributed by atoms with van der Waals surface area (Å²) in [5, 5.41) is 0. The Morgan fingerprint density at radius 2 is 1.07 bits per heavy atom. The molecule has 2 heteroatoms. The summed E-state index contributed by atoms with van der Waals surface area (Å²) in [7, 11) is 1.58. The molecular weight excluding hydrogens is 347 g/mol. The summed E-state index contributed by atoms with van der Waals surface area (Å²) in [6, 6.07) is 1.49. The van der Waals surface area contributed by atoms with Crippen LogP contribution >= 0.6 is 0 Å². The Hall–Kier alpha value is -1.05. The van der Waals surface area contributed by atoms with Gasteiger partial charge < -0.3 is 4.74 Å². The van der Waals surface area contributed by atoms with Crippen molar-refractivity contribution in [3.05, 3.63) is 28.6 Å². The van der Waals surface area contributed by atoms with Gasteiger partial charge >= 0.3 is 0 Å². The molecule has 172 valence electrons. The monoisotopic (exact) mass is 402 g/mol. The van der Waals surface area contributed by atoms with Crippen LogP contribution < -0.4 is 4.74 Å². The first kappa shape index (κ1) is 37.7. The van der Waals surface area contributed by atoms with E-state index in [1.165, 1.54) is 18.9 Å². The molecule has 1 nitrogen and oxygen atoms in total. The molecule has 0 heterocycles. The molecule has 0 radical (unpaired) electrons. The highest BCUT2D eigenvalue weighted by Gasteiger charge is 2.12. The van der Waals surface area contributed by atoms with Gasteiger partial charge in [-0.2, -0.15) is 0 Å². The van der Waals surface area contributed by atoms with E-state index in [0.29, 0.717) is 5.75 Å². The van der Waals surface area contributed by atoms with E-state index < -0.39 is 0 Å². The minimum absolute atomic E-state index is 0.154. The Morgan fingerprint density at radius 3 is 1.29 bits per heavy atom. The number of benzene rings is 1. The van der Waals surface area contributed by atoms with Gasteiger partial charge in [0.2, 0.25) is 0 Å². The van der Waals surface area contributed by atoms with Crippen molar-refractivity contribution < 1.29 is 9.13 Å². The van der Waals surface area contributed by atoms with Crippen molar-refractivity contribution >= 4 is 0 Å². The summed E-state index contributed by atoms with van der Waals surface area (Å²) >= 11 is 0. The molecule has 0 fully saturated rings. The Balaban J connectivity index is -0.000000104. The van der Waals surface area contributed by atoms with Gasteiger partial charge in [-0.3, -0.25) is 0 Å². The van der Waals surface area contributed by atoms with Gasteiger partial charge in [-0.1, -0.05) is 103 Å². The molecule has 28 heavy (non-hydrogen) atoms. The van der Waals surface area contributed by atoms with Crippen LogP contribution in [0.15, 0.2) is 6.07 Å². The lowest BCUT2D eigenvalue weighted by Gasteiger charge is -2.14. The molecule has 0 saturated carbocycles. The molecule has 1 aromatic carbocycles. The third-order valence-electron chi connectivity index (χ3n) is 2.68. The van der Waals surface area contributed by atoms with Crippen molar-refractivity contribution in [2.24, 2.45) is 5.92 Å². The highest BCUT2D eigenvalue weighted by atomic mass is 19.1. The molecule has 0 aromatic heterocycles. The molecule has 0 spiro atoms. The molecule has 0 amide bonds. The summed E-state index contributed by atoms with van der Waals surface area (Å²) in [5.41, 5.74) is 2.96. The van der Waals surface area contributed by atoms with E-state index in [2.05, 4.69) is 55.4 Å². The number of halogens is 1. The average Bonchev–Trinajstić information content (AvgIpc) is 2.66. The highest BCUT2D eigenvalue weighted by Crippen LogP contribution is 2.28. The normalized spacial score (nSPS) is 8.18. The molecule has 1 aromatic rings. The number of ether oxygens (including phenoxy) is 1. The summed E-state index contributed by atoms with van der Waals surface area (Å²) in [4.78, 5) is 0. The van der Waals surface area contributed by atoms with Crippen molar-refractivity contribution in [3.63, 3.8) is 0 Å². The van der Waals surface area contributed by atoms with E-state index in [-0.39, 0.29) is 5.82 Å². The minimum atomic E-state index is -0.154. The molecule has 0 N–H and O–H groups in total. The Kier molecular flexibility index (Phi) is 41.3. The Bertz CT molecular complexity index is 393. The Labute approximate surface area is 179 Å². The second-order valence-corrected chi connectivity index (χ2v) is 6.50. The number of rotatable bonds is 3. The van der Waals surface area contributed by atoms with Gasteiger partial charge in [-0.05, 0) is 42.4 Å². The van der Waals surface area contributed by atoms with Crippen molar-refractivity contribution in [1.29, 1.82) is 0 Å². The molecule has 0 bridgehead atoms. The molecule has 0 atom stereocenters. The lowest BCUT2D eigenvalue weighted by molar-refractivity contribution is 0.405. The highest BCUT2D eigenvalue weighted by molar-refractivity contribution is 5.45. The van der Waals surface area contributed by atoms with Crippen LogP contribution in [-0.4, -0.2) is 7.11 Å². The van der Waals surface area contributed by atoms with Crippen molar-refractivity contribution in [2.75, 3.05) is 7.11 Å². The standard InChI is InChI=1S/C12H17FO.C4H10.2C3H8.2C2H6/c1-5-9-8(3)10(6-2)12(14-4)7-11(9)13;1-4(2)3;2*1-3-2;2*1-2/h7H,5-6H2,1-4H3;4H,1-3H3;2*3H2,1-2H3;2*1-2H3. The fraction of sp³-hybridized carbons (Fsp3) is 0.769. The maximum absolute atomic E-state index is 13.5. The largest absolute Gasteiger partial charge is 0.496 e. The second kappa shape index (κ2) is 30.7. The van der Waals surface area contributed by atoms with Gasteiger partial charge in [0.05, 0.1) is 7.11 Å². The van der Waals surface area contributed by atoms with Crippen LogP contribution in [0.3, 0.4) is 0 Å². The van der Waals surface area contributed by atoms with Crippen LogP contribution in [0.2, 0.25) is 0 Å². The lowest BCUT2D eigenvalue weighted by atomic mass is 9.97. The van der Waals surface area contributed by atoms with E-state index in [1.54, 1.807) is 7.11 Å². The first-order valence-corrected chi connectivity index (χ1v) is 11.6. The van der Waals surface area contributed by atoms with Gasteiger partial charge in [0.1, 0.15) is 11.6 Å². The molecule has 0 saturated heterocycles. The van der Waals surface area contributed by atoms with Gasteiger partial charge in [0.15, 0.2) is 0 Å². The molecule has 0 aliphatic heterocycles. The molecule has 0 aliphatic rings. The quantitative estimate of drug-likeness (QED) is 0.488. The maximum atomic E-state index is 13.5. The molecule has 1 rings (SSSR count). The zero-order chi connectivity index (χ0) is 23.7. The molecule has 0 unspecified atom stereocenters. The van der Waals surface area contributed by atoms with Gasteiger partial charge in [0.25, 0.3) is 0 Å². The zero-order valence-corrected chi connectivity index (χ0v) is 22.3. The van der Waals surface area contributed by atoms with Gasteiger partial charge in [0, 0.05) is 6.07 Å². The van der Waals surface area contributed by atoms with Crippen molar-refractivity contribution in [1.82, 2.24) is 0 Å². The average molecular weight is 403 g/mol. The molecular formula is C26H55FO. The van der Waals surface area contributed by atoms with Crippen LogP contribution in [0.5, 0.6) is 5.75 Å². The fourth-order valence-electron chi connectivity index (χ4n) is 1.89. The smallest absolute Gasteiger partial charge is 0.130 e. The summed E-state index contributed by atoms with van der Waals surface area (Å²) in [5.74, 6) is 1.35. The van der Waals surface area contributed by atoms with E-state index in [9.17, 15) is 4.39 Å². The first-order valence-electron chi connectivity index (χ1n) is 11.6. The van der Waals surface area contributed by atoms with E-state index >= 15 is 0 Å². The lowest BCUT2D eigenvalue weighted by Crippen LogP contribution is -2.01. The van der Waals surface area contributed by atoms with Gasteiger partial charge in [-0.25, -0.2) is 4.39 Å². The first-order chi connectivity index (χ1) is 13.2. The minimum Gasteiger partial charge on any atom is -0.496 e. The van der Waals surface area contributed by atoms with Gasteiger partial charge in [-0.15, -0.1) is 0 Å². The van der Waals surface area contributed by atoms with Crippen molar-refractivity contribution in [2.45, 2.75) is 123 Å². The summed E-state index contributed by atoms with van der Waals surface area (Å²) in [6.07, 6.45) is 4.11. The van der Waals surface area contributed by atoms with E-state index in [1.807, 2.05) is 41.5 Å². The summed E-state index contributed by atoms with van der Waals surface area (Å²) in [6.45, 7) is 29.0. The topological polar surface area (TPSA) is 9.23 Å².